The molecular weight excluding hydrogens is 442 g/mol. The molecule has 2 heterocycles. The van der Waals surface area contributed by atoms with E-state index < -0.39 is 0 Å². The predicted molar refractivity (Wildman–Crippen MR) is 152 cm³/mol. The molecule has 1 nitrogen and oxygen atoms in total. The van der Waals surface area contributed by atoms with Gasteiger partial charge in [-0.05, 0) is 35.9 Å². The lowest BCUT2D eigenvalue weighted by atomic mass is 9.83. The summed E-state index contributed by atoms with van der Waals surface area (Å²) in [6.07, 6.45) is 15.0. The van der Waals surface area contributed by atoms with E-state index in [4.69, 9.17) is 0 Å². The second kappa shape index (κ2) is 9.17. The molecule has 35 heavy (non-hydrogen) atoms. The quantitative estimate of drug-likeness (QED) is 0.157. The zero-order valence-electron chi connectivity index (χ0n) is 20.8. The van der Waals surface area contributed by atoms with Crippen LogP contribution in [0.4, 0.5) is 0 Å². The molecule has 0 unspecified atom stereocenters. The number of hydrogen-bond donors (Lipinski definition) is 0. The van der Waals surface area contributed by atoms with Crippen molar-refractivity contribution >= 4 is 38.2 Å². The van der Waals surface area contributed by atoms with E-state index in [9.17, 15) is 0 Å². The number of thiophene rings is 1. The van der Waals surface area contributed by atoms with Gasteiger partial charge in [-0.25, -0.2) is 0 Å². The SMILES string of the molecule is C=[N+]1C=CC(CC2CCCCC2)=C[C-]1c1c(C)cc(C)c2c3cccc(-c4ccccc4)c3[s+][c-]12. The third-order valence-corrected chi connectivity index (χ3v) is 9.11. The van der Waals surface area contributed by atoms with E-state index >= 15 is 0 Å². The number of allylic oxidation sites excluding steroid dienone is 2. The molecule has 2 aliphatic rings. The lowest BCUT2D eigenvalue weighted by Crippen LogP contribution is -2.17. The lowest BCUT2D eigenvalue weighted by Gasteiger charge is -2.30. The fraction of sp³-hybridized carbons (Fsp3) is 0.273. The van der Waals surface area contributed by atoms with Crippen molar-refractivity contribution in [2.45, 2.75) is 52.4 Å². The predicted octanol–water partition coefficient (Wildman–Crippen LogP) is 9.36. The van der Waals surface area contributed by atoms with Gasteiger partial charge >= 0.3 is 0 Å². The molecule has 1 aliphatic heterocycles. The summed E-state index contributed by atoms with van der Waals surface area (Å²) in [6, 6.07) is 21.2. The van der Waals surface area contributed by atoms with Crippen LogP contribution in [0.15, 0.2) is 78.5 Å². The maximum atomic E-state index is 4.40. The van der Waals surface area contributed by atoms with Gasteiger partial charge in [0.25, 0.3) is 0 Å². The molecule has 0 amide bonds. The number of benzene rings is 3. The number of aryl methyl sites for hydroxylation is 2. The average molecular weight is 476 g/mol. The molecule has 176 valence electrons. The first-order valence-electron chi connectivity index (χ1n) is 13.0. The van der Waals surface area contributed by atoms with Crippen LogP contribution in [-0.4, -0.2) is 11.3 Å². The van der Waals surface area contributed by atoms with Crippen molar-refractivity contribution in [2.24, 2.45) is 5.92 Å². The Morgan fingerprint density at radius 3 is 2.57 bits per heavy atom. The third kappa shape index (κ3) is 4.04. The molecule has 0 spiro atoms. The summed E-state index contributed by atoms with van der Waals surface area (Å²) in [5, 5.41) is 2.75. The lowest BCUT2D eigenvalue weighted by molar-refractivity contribution is -0.417. The van der Waals surface area contributed by atoms with Gasteiger partial charge in [-0.2, -0.15) is 0 Å². The Hall–Kier alpha value is -3.10. The maximum absolute atomic E-state index is 4.40. The van der Waals surface area contributed by atoms with Crippen molar-refractivity contribution in [2.75, 3.05) is 0 Å². The van der Waals surface area contributed by atoms with Crippen LogP contribution in [0.25, 0.3) is 31.3 Å². The first-order valence-corrected chi connectivity index (χ1v) is 13.8. The molecule has 2 heteroatoms. The second-order valence-electron chi connectivity index (χ2n) is 10.3. The Labute approximate surface area is 213 Å². The largest absolute Gasteiger partial charge is 0.336 e. The molecule has 0 radical (unpaired) electrons. The van der Waals surface area contributed by atoms with Gasteiger partial charge in [-0.15, -0.1) is 29.4 Å². The van der Waals surface area contributed by atoms with Crippen molar-refractivity contribution in [1.82, 2.24) is 0 Å². The molecule has 0 N–H and O–H groups in total. The average Bonchev–Trinajstić information content (AvgIpc) is 3.27. The van der Waals surface area contributed by atoms with E-state index in [0.29, 0.717) is 0 Å². The van der Waals surface area contributed by atoms with Crippen LogP contribution in [0.1, 0.15) is 55.2 Å². The normalized spacial score (nSPS) is 16.9. The maximum Gasteiger partial charge on any atom is 0.231 e. The van der Waals surface area contributed by atoms with E-state index in [0.717, 1.165) is 5.92 Å². The highest BCUT2D eigenvalue weighted by Gasteiger charge is 2.26. The minimum atomic E-state index is 0.828. The Morgan fingerprint density at radius 1 is 0.971 bits per heavy atom. The molecule has 1 fully saturated rings. The van der Waals surface area contributed by atoms with Crippen LogP contribution in [-0.2, 0) is 0 Å². The molecule has 0 atom stereocenters. The van der Waals surface area contributed by atoms with E-state index in [-0.39, 0.29) is 0 Å². The minimum absolute atomic E-state index is 0.828. The highest BCUT2D eigenvalue weighted by molar-refractivity contribution is 7.26. The van der Waals surface area contributed by atoms with Gasteiger partial charge in [0, 0.05) is 17.7 Å². The molecule has 6 rings (SSSR count). The molecular formula is C33H33NS. The third-order valence-electron chi connectivity index (χ3n) is 7.85. The van der Waals surface area contributed by atoms with Crippen LogP contribution in [0.5, 0.6) is 0 Å². The summed E-state index contributed by atoms with van der Waals surface area (Å²) in [6.45, 7) is 8.92. The number of nitrogens with zero attached hydrogens (tertiary/aromatic N) is 1. The summed E-state index contributed by atoms with van der Waals surface area (Å²) < 4.78 is 4.83. The van der Waals surface area contributed by atoms with Gasteiger partial charge in [0.15, 0.2) is 11.3 Å². The molecule has 1 aliphatic carbocycles. The zero-order valence-corrected chi connectivity index (χ0v) is 21.6. The Morgan fingerprint density at radius 2 is 1.77 bits per heavy atom. The standard InChI is InChI=1S/C33H33NS/c1-22-19-23(2)31(29-21-25(17-18-34(29)3)20-24-11-6-4-7-12-24)33-30(22)28-16-10-15-27(32(28)35-33)26-13-8-5-9-14-26/h5,8-10,13-19,21,24H,3-4,6-7,11-12,20H2,1-2H3. The van der Waals surface area contributed by atoms with Gasteiger partial charge in [-0.1, -0.05) is 93.0 Å². The first-order chi connectivity index (χ1) is 17.1. The van der Waals surface area contributed by atoms with Gasteiger partial charge in [0.1, 0.15) is 4.70 Å². The van der Waals surface area contributed by atoms with Crippen LogP contribution < -0.4 is 0 Å². The minimum Gasteiger partial charge on any atom is -0.336 e. The summed E-state index contributed by atoms with van der Waals surface area (Å²) in [4.78, 5) is 0. The molecule has 3 aromatic carbocycles. The van der Waals surface area contributed by atoms with Crippen molar-refractivity contribution in [1.29, 1.82) is 0 Å². The Balaban J connectivity index is 1.51. The van der Waals surface area contributed by atoms with Crippen molar-refractivity contribution in [3.63, 3.8) is 0 Å². The van der Waals surface area contributed by atoms with E-state index in [1.165, 1.54) is 98.1 Å². The fourth-order valence-electron chi connectivity index (χ4n) is 6.14. The molecule has 1 saturated carbocycles. The van der Waals surface area contributed by atoms with Gasteiger partial charge in [-0.3, -0.25) is 0 Å². The Bertz CT molecular complexity index is 1480. The molecule has 4 aromatic rings. The molecule has 1 aromatic heterocycles. The summed E-state index contributed by atoms with van der Waals surface area (Å²) in [7, 11) is 0. The van der Waals surface area contributed by atoms with Crippen molar-refractivity contribution in [3.8, 4) is 11.1 Å². The zero-order chi connectivity index (χ0) is 23.9. The number of fused-ring (bicyclic) bond motifs is 3. The van der Waals surface area contributed by atoms with Crippen LogP contribution in [0.2, 0.25) is 0 Å². The smallest absolute Gasteiger partial charge is 0.231 e. The number of rotatable bonds is 4. The van der Waals surface area contributed by atoms with Gasteiger partial charge in [0.05, 0.1) is 12.2 Å². The van der Waals surface area contributed by atoms with Crippen LogP contribution in [0, 0.1) is 25.8 Å². The molecule has 0 saturated heterocycles. The Kier molecular flexibility index (Phi) is 5.86. The fourth-order valence-corrected chi connectivity index (χ4v) is 7.66. The monoisotopic (exact) mass is 475 g/mol. The van der Waals surface area contributed by atoms with E-state index in [2.05, 4.69) is 98.1 Å². The highest BCUT2D eigenvalue weighted by atomic mass is 32.1. The van der Waals surface area contributed by atoms with Gasteiger partial charge < -0.3 is 4.58 Å². The summed E-state index contributed by atoms with van der Waals surface area (Å²) in [5.74, 6) is 0.828. The van der Waals surface area contributed by atoms with E-state index in [1.807, 2.05) is 11.3 Å². The van der Waals surface area contributed by atoms with Crippen LogP contribution >= 0.6 is 11.3 Å². The topological polar surface area (TPSA) is 3.01 Å². The molecule has 0 bridgehead atoms. The second-order valence-corrected chi connectivity index (χ2v) is 11.4. The van der Waals surface area contributed by atoms with Crippen molar-refractivity contribution in [3.05, 3.63) is 101 Å². The van der Waals surface area contributed by atoms with Crippen molar-refractivity contribution < 1.29 is 4.58 Å². The van der Waals surface area contributed by atoms with Crippen LogP contribution in [0.3, 0.4) is 0 Å². The highest BCUT2D eigenvalue weighted by Crippen LogP contribution is 2.46. The van der Waals surface area contributed by atoms with E-state index in [1.54, 1.807) is 0 Å². The summed E-state index contributed by atoms with van der Waals surface area (Å²) >= 11 is 1.94. The van der Waals surface area contributed by atoms with Gasteiger partial charge in [0.2, 0.25) is 4.70 Å². The number of hydrogen-bond acceptors (Lipinski definition) is 0. The summed E-state index contributed by atoms with van der Waals surface area (Å²) in [5.41, 5.74) is 8.07. The first kappa shape index (κ1) is 22.4.